The van der Waals surface area contributed by atoms with Crippen LogP contribution in [-0.2, 0) is 11.3 Å². The molecule has 210 valence electrons. The molecule has 0 bridgehead atoms. The van der Waals surface area contributed by atoms with E-state index in [0.717, 1.165) is 46.7 Å². The minimum Gasteiger partial charge on any atom is -0.480 e. The van der Waals surface area contributed by atoms with E-state index < -0.39 is 0 Å². The topological polar surface area (TPSA) is 118 Å². The lowest BCUT2D eigenvalue weighted by molar-refractivity contribution is -0.102. The van der Waals surface area contributed by atoms with Crippen LogP contribution >= 0.6 is 11.8 Å². The van der Waals surface area contributed by atoms with Crippen molar-refractivity contribution in [1.29, 1.82) is 0 Å². The molecular formula is C29H36N8O2S. The molecule has 3 heterocycles. The molecule has 0 spiro atoms. The number of carbonyl (C=O) groups excluding carboxylic acids is 1. The Morgan fingerprint density at radius 3 is 2.65 bits per heavy atom. The summed E-state index contributed by atoms with van der Waals surface area (Å²) in [7, 11) is 3.63. The number of methoxy groups -OCH3 is 1. The number of pyridine rings is 1. The summed E-state index contributed by atoms with van der Waals surface area (Å²) >= 11 is 1.69. The number of amidine groups is 1. The van der Waals surface area contributed by atoms with E-state index in [1.807, 2.05) is 32.3 Å². The van der Waals surface area contributed by atoms with Crippen LogP contribution in [0.1, 0.15) is 62.4 Å². The lowest BCUT2D eigenvalue weighted by atomic mass is 10.1. The predicted molar refractivity (Wildman–Crippen MR) is 158 cm³/mol. The maximum Gasteiger partial charge on any atom is 0.227 e. The zero-order chi connectivity index (χ0) is 28.2. The Kier molecular flexibility index (Phi) is 8.58. The molecule has 2 aliphatic carbocycles. The normalized spacial score (nSPS) is 16.0. The summed E-state index contributed by atoms with van der Waals surface area (Å²) in [6.07, 6.45) is 8.62. The van der Waals surface area contributed by atoms with Crippen molar-refractivity contribution in [3.8, 4) is 17.3 Å². The second kappa shape index (κ2) is 12.3. The van der Waals surface area contributed by atoms with Gasteiger partial charge in [0.2, 0.25) is 5.88 Å². The van der Waals surface area contributed by atoms with Gasteiger partial charge in [-0.05, 0) is 62.8 Å². The first-order chi connectivity index (χ1) is 19.4. The molecule has 0 saturated heterocycles. The summed E-state index contributed by atoms with van der Waals surface area (Å²) in [4.78, 5) is 42.3. The van der Waals surface area contributed by atoms with Gasteiger partial charge < -0.3 is 15.0 Å². The van der Waals surface area contributed by atoms with Crippen molar-refractivity contribution in [3.05, 3.63) is 41.6 Å². The van der Waals surface area contributed by atoms with Crippen LogP contribution in [0.25, 0.3) is 11.4 Å². The average molecular weight is 561 g/mol. The molecule has 1 atom stereocenters. The number of aliphatic imine (C=N–C) groups is 1. The van der Waals surface area contributed by atoms with Crippen molar-refractivity contribution in [2.75, 3.05) is 24.8 Å². The number of thioether (sulfide) groups is 1. The van der Waals surface area contributed by atoms with Crippen molar-refractivity contribution in [3.63, 3.8) is 0 Å². The van der Waals surface area contributed by atoms with E-state index in [1.165, 1.54) is 19.2 Å². The molecule has 2 saturated carbocycles. The minimum atomic E-state index is 0.208. The fraction of sp³-hybridized carbons (Fsp3) is 0.483. The maximum absolute atomic E-state index is 12.1. The average Bonchev–Trinajstić information content (AvgIpc) is 3.89. The number of aromatic nitrogens is 5. The summed E-state index contributed by atoms with van der Waals surface area (Å²) < 4.78 is 5.63. The summed E-state index contributed by atoms with van der Waals surface area (Å²) in [5, 5.41) is 4.14. The summed E-state index contributed by atoms with van der Waals surface area (Å²) in [6, 6.07) is 4.25. The Morgan fingerprint density at radius 2 is 2.02 bits per heavy atom. The number of nitrogens with one attached hydrogen (secondary N) is 1. The number of ether oxygens (including phenoxy) is 1. The van der Waals surface area contributed by atoms with Crippen LogP contribution in [0.5, 0.6) is 5.88 Å². The molecule has 10 nitrogen and oxygen atoms in total. The van der Waals surface area contributed by atoms with Gasteiger partial charge in [-0.25, -0.2) is 29.9 Å². The fourth-order valence-electron chi connectivity index (χ4n) is 4.71. The molecule has 3 aromatic heterocycles. The number of rotatable bonds is 12. The first kappa shape index (κ1) is 27.9. The van der Waals surface area contributed by atoms with E-state index in [9.17, 15) is 4.79 Å². The van der Waals surface area contributed by atoms with Crippen LogP contribution in [-0.4, -0.2) is 63.0 Å². The van der Waals surface area contributed by atoms with Gasteiger partial charge in [0.05, 0.1) is 23.5 Å². The van der Waals surface area contributed by atoms with Crippen molar-refractivity contribution in [1.82, 2.24) is 30.2 Å². The Bertz CT molecular complexity index is 1390. The van der Waals surface area contributed by atoms with Crippen LogP contribution in [0.3, 0.4) is 0 Å². The SMILES string of the molecule is CCSc1ccc(CN/C(C=O)=N/c2c(C)nc(-c3c(OC)ncnc3C3CC3)nc2N(C)[C@@H](C)C2CC2)cn1. The molecule has 0 aliphatic heterocycles. The Morgan fingerprint density at radius 1 is 1.23 bits per heavy atom. The van der Waals surface area contributed by atoms with Gasteiger partial charge in [-0.3, -0.25) is 4.79 Å². The lowest BCUT2D eigenvalue weighted by Gasteiger charge is -2.28. The monoisotopic (exact) mass is 560 g/mol. The summed E-state index contributed by atoms with van der Waals surface area (Å²) in [5.41, 5.74) is 3.82. The third kappa shape index (κ3) is 6.24. The van der Waals surface area contributed by atoms with E-state index in [-0.39, 0.29) is 11.9 Å². The lowest BCUT2D eigenvalue weighted by Crippen LogP contribution is -2.32. The number of aryl methyl sites for hydroxylation is 1. The van der Waals surface area contributed by atoms with E-state index in [0.29, 0.717) is 47.3 Å². The second-order valence-corrected chi connectivity index (χ2v) is 11.6. The van der Waals surface area contributed by atoms with Crippen molar-refractivity contribution >= 4 is 35.4 Å². The van der Waals surface area contributed by atoms with Gasteiger partial charge in [0.1, 0.15) is 17.6 Å². The van der Waals surface area contributed by atoms with Crippen molar-refractivity contribution in [2.24, 2.45) is 10.9 Å². The molecular weight excluding hydrogens is 524 g/mol. The fourth-order valence-corrected chi connectivity index (χ4v) is 5.30. The molecule has 5 rings (SSSR count). The highest BCUT2D eigenvalue weighted by Gasteiger charge is 2.34. The number of nitrogens with zero attached hydrogens (tertiary/aromatic N) is 7. The van der Waals surface area contributed by atoms with Crippen LogP contribution in [0.4, 0.5) is 11.5 Å². The standard InChI is InChI=1S/C29H36N8O2S/c1-6-40-23-12-7-19(14-31-23)13-30-22(15-38)35-25-17(2)34-27(36-28(25)37(4)18(3)20-8-9-20)24-26(21-10-11-21)32-16-33-29(24)39-5/h7,12,14-16,18,20-21H,6,8-11,13H2,1-5H3,(H,30,35)/t18-/m0/s1. The van der Waals surface area contributed by atoms with E-state index in [4.69, 9.17) is 19.7 Å². The van der Waals surface area contributed by atoms with Gasteiger partial charge in [-0.2, -0.15) is 0 Å². The largest absolute Gasteiger partial charge is 0.480 e. The molecule has 0 amide bonds. The zero-order valence-electron chi connectivity index (χ0n) is 23.7. The van der Waals surface area contributed by atoms with Gasteiger partial charge in [0.25, 0.3) is 0 Å². The van der Waals surface area contributed by atoms with E-state index in [1.54, 1.807) is 18.9 Å². The van der Waals surface area contributed by atoms with Crippen molar-refractivity contribution < 1.29 is 9.53 Å². The number of carbonyl (C=O) groups is 1. The Balaban J connectivity index is 1.52. The Hall–Kier alpha value is -3.60. The summed E-state index contributed by atoms with van der Waals surface area (Å²) in [6.45, 7) is 6.62. The maximum atomic E-state index is 12.1. The zero-order valence-corrected chi connectivity index (χ0v) is 24.5. The van der Waals surface area contributed by atoms with Gasteiger partial charge in [-0.15, -0.1) is 11.8 Å². The number of hydrogen-bond donors (Lipinski definition) is 1. The minimum absolute atomic E-state index is 0.208. The van der Waals surface area contributed by atoms with Crippen LogP contribution < -0.4 is 15.0 Å². The van der Waals surface area contributed by atoms with Gasteiger partial charge in [0.15, 0.2) is 23.8 Å². The molecule has 2 aliphatic rings. The number of hydrogen-bond acceptors (Lipinski definition) is 10. The number of anilines is 1. The highest BCUT2D eigenvalue weighted by Crippen LogP contribution is 2.46. The highest BCUT2D eigenvalue weighted by atomic mass is 32.2. The molecule has 2 fully saturated rings. The summed E-state index contributed by atoms with van der Waals surface area (Å²) in [5.74, 6) is 3.77. The third-order valence-electron chi connectivity index (χ3n) is 7.42. The molecule has 11 heteroatoms. The molecule has 0 aromatic carbocycles. The quantitative estimate of drug-likeness (QED) is 0.142. The van der Waals surface area contributed by atoms with E-state index in [2.05, 4.69) is 39.0 Å². The molecule has 1 N–H and O–H groups in total. The van der Waals surface area contributed by atoms with Crippen LogP contribution in [0.2, 0.25) is 0 Å². The first-order valence-electron chi connectivity index (χ1n) is 13.8. The Labute approximate surface area is 239 Å². The van der Waals surface area contributed by atoms with Crippen molar-refractivity contribution in [2.45, 2.75) is 70.0 Å². The van der Waals surface area contributed by atoms with Crippen LogP contribution in [0, 0.1) is 12.8 Å². The molecule has 0 radical (unpaired) electrons. The van der Waals surface area contributed by atoms with Gasteiger partial charge in [-0.1, -0.05) is 13.0 Å². The van der Waals surface area contributed by atoms with Gasteiger partial charge >= 0.3 is 0 Å². The van der Waals surface area contributed by atoms with E-state index >= 15 is 0 Å². The first-order valence-corrected chi connectivity index (χ1v) is 14.8. The third-order valence-corrected chi connectivity index (χ3v) is 8.25. The second-order valence-electron chi connectivity index (χ2n) is 10.3. The molecule has 40 heavy (non-hydrogen) atoms. The predicted octanol–water partition coefficient (Wildman–Crippen LogP) is 4.89. The molecule has 0 unspecified atom stereocenters. The van der Waals surface area contributed by atoms with Crippen LogP contribution in [0.15, 0.2) is 34.7 Å². The number of aldehydes is 1. The highest BCUT2D eigenvalue weighted by molar-refractivity contribution is 7.99. The van der Waals surface area contributed by atoms with Gasteiger partial charge in [0, 0.05) is 31.7 Å². The smallest absolute Gasteiger partial charge is 0.227 e. The molecule has 3 aromatic rings.